The van der Waals surface area contributed by atoms with Crippen molar-refractivity contribution in [1.29, 1.82) is 0 Å². The van der Waals surface area contributed by atoms with Gasteiger partial charge in [-0.05, 0) is 48.4 Å². The number of halogens is 2. The molecule has 0 unspecified atom stereocenters. The molecule has 1 heterocycles. The van der Waals surface area contributed by atoms with E-state index < -0.39 is 15.8 Å². The number of aromatic nitrogens is 1. The molecule has 26 heavy (non-hydrogen) atoms. The van der Waals surface area contributed by atoms with Crippen LogP contribution in [0, 0.1) is 12.7 Å². The number of pyridine rings is 1. The van der Waals surface area contributed by atoms with Gasteiger partial charge in [-0.2, -0.15) is 0 Å². The van der Waals surface area contributed by atoms with Gasteiger partial charge in [0, 0.05) is 30.1 Å². The first-order chi connectivity index (χ1) is 12.4. The molecule has 134 valence electrons. The van der Waals surface area contributed by atoms with E-state index in [2.05, 4.69) is 9.71 Å². The number of sulfonamides is 1. The molecular weight excluding hydrogens is 375 g/mol. The standard InChI is InChI=1S/C19H16ClFN2O2S/c1-13-3-2-4-15(9-13)26(24,25)23-11-14-5-6-19(21)17(10-14)16-7-8-22-12-18(16)20/h2-10,12,23H,11H2,1H3. The highest BCUT2D eigenvalue weighted by Crippen LogP contribution is 2.29. The second kappa shape index (κ2) is 7.53. The molecule has 4 nitrogen and oxygen atoms in total. The molecule has 0 amide bonds. The molecular formula is C19H16ClFN2O2S. The SMILES string of the molecule is Cc1cccc(S(=O)(=O)NCc2ccc(F)c(-c3ccncc3Cl)c2)c1. The zero-order valence-corrected chi connectivity index (χ0v) is 15.5. The highest BCUT2D eigenvalue weighted by atomic mass is 35.5. The molecule has 0 fully saturated rings. The maximum absolute atomic E-state index is 14.2. The average Bonchev–Trinajstić information content (AvgIpc) is 2.62. The first-order valence-electron chi connectivity index (χ1n) is 7.81. The minimum absolute atomic E-state index is 0.0340. The summed E-state index contributed by atoms with van der Waals surface area (Å²) in [5, 5.41) is 0.323. The Morgan fingerprint density at radius 2 is 1.92 bits per heavy atom. The van der Waals surface area contributed by atoms with Crippen LogP contribution >= 0.6 is 11.6 Å². The van der Waals surface area contributed by atoms with Gasteiger partial charge < -0.3 is 0 Å². The summed E-state index contributed by atoms with van der Waals surface area (Å²) in [6.07, 6.45) is 2.96. The van der Waals surface area contributed by atoms with Crippen molar-refractivity contribution in [3.05, 3.63) is 82.9 Å². The zero-order chi connectivity index (χ0) is 18.7. The maximum Gasteiger partial charge on any atom is 0.240 e. The fourth-order valence-corrected chi connectivity index (χ4v) is 3.87. The molecule has 7 heteroatoms. The van der Waals surface area contributed by atoms with Crippen LogP contribution in [-0.2, 0) is 16.6 Å². The first-order valence-corrected chi connectivity index (χ1v) is 9.67. The van der Waals surface area contributed by atoms with Crippen molar-refractivity contribution in [2.75, 3.05) is 0 Å². The summed E-state index contributed by atoms with van der Waals surface area (Å²) < 4.78 is 41.6. The predicted molar refractivity (Wildman–Crippen MR) is 99.8 cm³/mol. The molecule has 3 rings (SSSR count). The summed E-state index contributed by atoms with van der Waals surface area (Å²) in [6.45, 7) is 1.86. The van der Waals surface area contributed by atoms with Crippen LogP contribution in [0.3, 0.4) is 0 Å². The van der Waals surface area contributed by atoms with Gasteiger partial charge in [-0.3, -0.25) is 4.98 Å². The largest absolute Gasteiger partial charge is 0.263 e. The molecule has 2 aromatic carbocycles. The Morgan fingerprint density at radius 3 is 2.65 bits per heavy atom. The molecule has 0 radical (unpaired) electrons. The van der Waals surface area contributed by atoms with Gasteiger partial charge in [-0.25, -0.2) is 17.5 Å². The second-order valence-corrected chi connectivity index (χ2v) is 7.98. The van der Waals surface area contributed by atoms with E-state index in [4.69, 9.17) is 11.6 Å². The van der Waals surface area contributed by atoms with Gasteiger partial charge in [0.15, 0.2) is 0 Å². The summed E-state index contributed by atoms with van der Waals surface area (Å²) in [4.78, 5) is 4.08. The molecule has 3 aromatic rings. The minimum Gasteiger partial charge on any atom is -0.263 e. The number of aryl methyl sites for hydroxylation is 1. The van der Waals surface area contributed by atoms with Crippen LogP contribution < -0.4 is 4.72 Å². The fourth-order valence-electron chi connectivity index (χ4n) is 2.53. The molecule has 0 spiro atoms. The molecule has 0 saturated heterocycles. The van der Waals surface area contributed by atoms with Crippen molar-refractivity contribution in [2.45, 2.75) is 18.4 Å². The van der Waals surface area contributed by atoms with Crippen LogP contribution in [0.1, 0.15) is 11.1 Å². The zero-order valence-electron chi connectivity index (χ0n) is 13.9. The number of nitrogens with one attached hydrogen (secondary N) is 1. The van der Waals surface area contributed by atoms with Crippen molar-refractivity contribution in [3.8, 4) is 11.1 Å². The molecule has 1 aromatic heterocycles. The third-order valence-electron chi connectivity index (χ3n) is 3.86. The van der Waals surface area contributed by atoms with Crippen LogP contribution in [0.5, 0.6) is 0 Å². The highest BCUT2D eigenvalue weighted by molar-refractivity contribution is 7.89. The number of rotatable bonds is 5. The Kier molecular flexibility index (Phi) is 5.36. The van der Waals surface area contributed by atoms with E-state index in [-0.39, 0.29) is 11.4 Å². The van der Waals surface area contributed by atoms with Crippen LogP contribution in [0.4, 0.5) is 4.39 Å². The quantitative estimate of drug-likeness (QED) is 0.705. The summed E-state index contributed by atoms with van der Waals surface area (Å²) >= 11 is 6.09. The van der Waals surface area contributed by atoms with Crippen molar-refractivity contribution in [2.24, 2.45) is 0 Å². The lowest BCUT2D eigenvalue weighted by Gasteiger charge is -2.10. The number of nitrogens with zero attached hydrogens (tertiary/aromatic N) is 1. The molecule has 0 bridgehead atoms. The van der Waals surface area contributed by atoms with Crippen LogP contribution in [-0.4, -0.2) is 13.4 Å². The van der Waals surface area contributed by atoms with Crippen molar-refractivity contribution < 1.29 is 12.8 Å². The van der Waals surface area contributed by atoms with E-state index in [0.29, 0.717) is 21.7 Å². The lowest BCUT2D eigenvalue weighted by atomic mass is 10.0. The van der Waals surface area contributed by atoms with E-state index in [1.807, 2.05) is 13.0 Å². The van der Waals surface area contributed by atoms with E-state index in [1.54, 1.807) is 24.3 Å². The van der Waals surface area contributed by atoms with Gasteiger partial charge in [0.25, 0.3) is 0 Å². The predicted octanol–water partition coefficient (Wildman–Crippen LogP) is 4.33. The van der Waals surface area contributed by atoms with Gasteiger partial charge in [0.2, 0.25) is 10.0 Å². The smallest absolute Gasteiger partial charge is 0.240 e. The number of hydrogen-bond donors (Lipinski definition) is 1. The molecule has 0 saturated carbocycles. The summed E-state index contributed by atoms with van der Waals surface area (Å²) in [5.74, 6) is -0.441. The maximum atomic E-state index is 14.2. The third kappa shape index (κ3) is 4.09. The second-order valence-electron chi connectivity index (χ2n) is 5.81. The Balaban J connectivity index is 1.85. The van der Waals surface area contributed by atoms with Gasteiger partial charge in [0.1, 0.15) is 5.82 Å². The average molecular weight is 391 g/mol. The normalized spacial score (nSPS) is 11.5. The summed E-state index contributed by atoms with van der Waals surface area (Å²) in [5.41, 5.74) is 2.27. The Morgan fingerprint density at radius 1 is 1.12 bits per heavy atom. The molecule has 0 aliphatic carbocycles. The fraction of sp³-hybridized carbons (Fsp3) is 0.105. The van der Waals surface area contributed by atoms with Gasteiger partial charge >= 0.3 is 0 Å². The molecule has 1 N–H and O–H groups in total. The number of benzene rings is 2. The van der Waals surface area contributed by atoms with E-state index in [1.165, 1.54) is 30.6 Å². The van der Waals surface area contributed by atoms with E-state index >= 15 is 0 Å². The minimum atomic E-state index is -3.66. The van der Waals surface area contributed by atoms with E-state index in [9.17, 15) is 12.8 Å². The molecule has 0 aliphatic heterocycles. The Labute approximate surface area is 156 Å². The first kappa shape index (κ1) is 18.5. The topological polar surface area (TPSA) is 59.1 Å². The summed E-state index contributed by atoms with van der Waals surface area (Å²) in [7, 11) is -3.66. The van der Waals surface area contributed by atoms with Crippen LogP contribution in [0.25, 0.3) is 11.1 Å². The van der Waals surface area contributed by atoms with Crippen molar-refractivity contribution in [3.63, 3.8) is 0 Å². The lowest BCUT2D eigenvalue weighted by Crippen LogP contribution is -2.23. The third-order valence-corrected chi connectivity index (χ3v) is 5.56. The van der Waals surface area contributed by atoms with Crippen LogP contribution in [0.15, 0.2) is 65.8 Å². The Bertz CT molecular complexity index is 1050. The van der Waals surface area contributed by atoms with E-state index in [0.717, 1.165) is 5.56 Å². The van der Waals surface area contributed by atoms with Crippen molar-refractivity contribution in [1.82, 2.24) is 9.71 Å². The monoisotopic (exact) mass is 390 g/mol. The summed E-state index contributed by atoms with van der Waals surface area (Å²) in [6, 6.07) is 12.7. The number of hydrogen-bond acceptors (Lipinski definition) is 3. The molecule has 0 aliphatic rings. The van der Waals surface area contributed by atoms with Crippen LogP contribution in [0.2, 0.25) is 5.02 Å². The Hall–Kier alpha value is -2.28. The van der Waals surface area contributed by atoms with Gasteiger partial charge in [-0.15, -0.1) is 0 Å². The van der Waals surface area contributed by atoms with Gasteiger partial charge in [0.05, 0.1) is 9.92 Å². The highest BCUT2D eigenvalue weighted by Gasteiger charge is 2.15. The lowest BCUT2D eigenvalue weighted by molar-refractivity contribution is 0.581. The van der Waals surface area contributed by atoms with Gasteiger partial charge in [-0.1, -0.05) is 29.8 Å². The van der Waals surface area contributed by atoms with Crippen molar-refractivity contribution >= 4 is 21.6 Å². The molecule has 0 atom stereocenters.